The maximum Gasteiger partial charge on any atom is 0.363 e. The van der Waals surface area contributed by atoms with Crippen molar-refractivity contribution in [1.82, 2.24) is 0 Å². The van der Waals surface area contributed by atoms with Crippen molar-refractivity contribution in [3.8, 4) is 11.5 Å². The molecule has 0 radical (unpaired) electrons. The van der Waals surface area contributed by atoms with Crippen LogP contribution in [0, 0.1) is 11.6 Å². The minimum absolute atomic E-state index is 0.0228. The Morgan fingerprint density at radius 3 is 2.43 bits per heavy atom. The van der Waals surface area contributed by atoms with Crippen molar-refractivity contribution >= 4 is 17.9 Å². The highest BCUT2D eigenvalue weighted by molar-refractivity contribution is 6.12. The molecule has 4 nitrogen and oxygen atoms in total. The molecule has 0 aromatic heterocycles. The molecule has 0 spiro atoms. The number of hydrogen-bond donors (Lipinski definition) is 0. The largest absolute Gasteiger partial charge is 0.454 e. The smallest absolute Gasteiger partial charge is 0.363 e. The van der Waals surface area contributed by atoms with E-state index >= 15 is 0 Å². The summed E-state index contributed by atoms with van der Waals surface area (Å²) in [6, 6.07) is 18.4. The quantitative estimate of drug-likeness (QED) is 0.469. The molecule has 1 aliphatic heterocycles. The van der Waals surface area contributed by atoms with E-state index in [2.05, 4.69) is 4.99 Å². The molecular weight excluding hydrogens is 364 g/mol. The van der Waals surface area contributed by atoms with Gasteiger partial charge in [-0.05, 0) is 60.2 Å². The predicted molar refractivity (Wildman–Crippen MR) is 99.9 cm³/mol. The summed E-state index contributed by atoms with van der Waals surface area (Å²) in [5.74, 6) is -0.983. The highest BCUT2D eigenvalue weighted by Crippen LogP contribution is 2.27. The molecule has 0 aliphatic carbocycles. The topological polar surface area (TPSA) is 47.9 Å². The summed E-state index contributed by atoms with van der Waals surface area (Å²) < 4.78 is 37.8. The van der Waals surface area contributed by atoms with Gasteiger partial charge in [-0.15, -0.1) is 0 Å². The Morgan fingerprint density at radius 2 is 1.68 bits per heavy atom. The lowest BCUT2D eigenvalue weighted by molar-refractivity contribution is -0.129. The number of ether oxygens (including phenoxy) is 2. The summed E-state index contributed by atoms with van der Waals surface area (Å²) in [4.78, 5) is 16.2. The van der Waals surface area contributed by atoms with Gasteiger partial charge >= 0.3 is 5.97 Å². The SMILES string of the molecule is O=C1OC(c2ccc(F)cc2)=NC1=Cc1ccc(F)c(Oc2ccccc2)c1. The number of hydrogen-bond acceptors (Lipinski definition) is 4. The van der Waals surface area contributed by atoms with Crippen LogP contribution in [0.15, 0.2) is 83.5 Å². The van der Waals surface area contributed by atoms with Crippen molar-refractivity contribution in [2.24, 2.45) is 4.99 Å². The van der Waals surface area contributed by atoms with Gasteiger partial charge in [-0.25, -0.2) is 18.6 Å². The first-order chi connectivity index (χ1) is 13.6. The Hall–Kier alpha value is -3.80. The number of carbonyl (C=O) groups is 1. The Kier molecular flexibility index (Phi) is 4.68. The van der Waals surface area contributed by atoms with Crippen LogP contribution in [0.2, 0.25) is 0 Å². The van der Waals surface area contributed by atoms with Crippen LogP contribution in [0.25, 0.3) is 6.08 Å². The zero-order valence-corrected chi connectivity index (χ0v) is 14.4. The second-order valence-corrected chi connectivity index (χ2v) is 5.95. The number of benzene rings is 3. The van der Waals surface area contributed by atoms with E-state index in [1.807, 2.05) is 6.07 Å². The average Bonchev–Trinajstić information content (AvgIpc) is 3.06. The van der Waals surface area contributed by atoms with Crippen LogP contribution >= 0.6 is 0 Å². The number of cyclic esters (lactones) is 1. The van der Waals surface area contributed by atoms with Gasteiger partial charge in [0, 0.05) is 5.56 Å². The van der Waals surface area contributed by atoms with Crippen molar-refractivity contribution in [1.29, 1.82) is 0 Å². The van der Waals surface area contributed by atoms with Gasteiger partial charge < -0.3 is 9.47 Å². The van der Waals surface area contributed by atoms with Crippen LogP contribution in [0.1, 0.15) is 11.1 Å². The third kappa shape index (κ3) is 3.81. The summed E-state index contributed by atoms with van der Waals surface area (Å²) in [7, 11) is 0. The molecule has 0 bridgehead atoms. The van der Waals surface area contributed by atoms with Gasteiger partial charge in [-0.2, -0.15) is 0 Å². The van der Waals surface area contributed by atoms with Crippen molar-refractivity contribution in [2.75, 3.05) is 0 Å². The second kappa shape index (κ2) is 7.44. The number of aliphatic imine (C=N–C) groups is 1. The summed E-state index contributed by atoms with van der Waals surface area (Å²) in [6.45, 7) is 0. The highest BCUT2D eigenvalue weighted by atomic mass is 19.1. The summed E-state index contributed by atoms with van der Waals surface area (Å²) in [5, 5.41) is 0. The van der Waals surface area contributed by atoms with E-state index in [4.69, 9.17) is 9.47 Å². The Morgan fingerprint density at radius 1 is 0.929 bits per heavy atom. The first-order valence-corrected chi connectivity index (χ1v) is 8.39. The van der Waals surface area contributed by atoms with Crippen LogP contribution in [0.4, 0.5) is 8.78 Å². The molecule has 0 amide bonds. The standard InChI is InChI=1S/C22H13F2NO3/c23-16-9-7-15(8-10-16)21-25-19(22(26)28-21)12-14-6-11-18(24)20(13-14)27-17-4-2-1-3-5-17/h1-13H. The Labute approximate surface area is 159 Å². The lowest BCUT2D eigenvalue weighted by Gasteiger charge is -2.07. The molecule has 1 heterocycles. The molecule has 28 heavy (non-hydrogen) atoms. The van der Waals surface area contributed by atoms with Gasteiger partial charge in [0.15, 0.2) is 17.3 Å². The minimum Gasteiger partial charge on any atom is -0.454 e. The lowest BCUT2D eigenvalue weighted by atomic mass is 10.1. The number of halogens is 2. The number of nitrogens with zero attached hydrogens (tertiary/aromatic N) is 1. The Bertz CT molecular complexity index is 1090. The normalized spacial score (nSPS) is 14.7. The molecule has 1 aliphatic rings. The third-order valence-electron chi connectivity index (χ3n) is 3.94. The number of carbonyl (C=O) groups excluding carboxylic acids is 1. The number of esters is 1. The van der Waals surface area contributed by atoms with Crippen molar-refractivity contribution < 1.29 is 23.0 Å². The Balaban J connectivity index is 1.62. The summed E-state index contributed by atoms with van der Waals surface area (Å²) >= 11 is 0. The maximum absolute atomic E-state index is 14.1. The fourth-order valence-corrected chi connectivity index (χ4v) is 2.59. The molecule has 3 aromatic carbocycles. The molecule has 0 fully saturated rings. The third-order valence-corrected chi connectivity index (χ3v) is 3.94. The molecule has 0 atom stereocenters. The molecule has 0 saturated carbocycles. The molecule has 6 heteroatoms. The van der Waals surface area contributed by atoms with Crippen LogP contribution in [-0.4, -0.2) is 11.9 Å². The van der Waals surface area contributed by atoms with Gasteiger partial charge in [0.25, 0.3) is 0 Å². The van der Waals surface area contributed by atoms with Gasteiger partial charge in [0.1, 0.15) is 11.6 Å². The van der Waals surface area contributed by atoms with Crippen LogP contribution in [0.3, 0.4) is 0 Å². The highest BCUT2D eigenvalue weighted by Gasteiger charge is 2.24. The van der Waals surface area contributed by atoms with E-state index < -0.39 is 17.6 Å². The molecule has 0 unspecified atom stereocenters. The zero-order valence-electron chi connectivity index (χ0n) is 14.4. The molecule has 138 valence electrons. The first-order valence-electron chi connectivity index (χ1n) is 8.39. The van der Waals surface area contributed by atoms with E-state index in [1.54, 1.807) is 24.3 Å². The van der Waals surface area contributed by atoms with E-state index in [0.717, 1.165) is 0 Å². The maximum atomic E-state index is 14.1. The molecule has 3 aromatic rings. The fourth-order valence-electron chi connectivity index (χ4n) is 2.59. The fraction of sp³-hybridized carbons (Fsp3) is 0. The first kappa shape index (κ1) is 17.6. The molecule has 4 rings (SSSR count). The average molecular weight is 377 g/mol. The molecule has 0 saturated heterocycles. The molecule has 0 N–H and O–H groups in total. The van der Waals surface area contributed by atoms with Gasteiger partial charge in [-0.3, -0.25) is 0 Å². The summed E-state index contributed by atoms with van der Waals surface area (Å²) in [5.41, 5.74) is 1.05. The van der Waals surface area contributed by atoms with Gasteiger partial charge in [0.05, 0.1) is 0 Å². The van der Waals surface area contributed by atoms with Crippen molar-refractivity contribution in [2.45, 2.75) is 0 Å². The zero-order chi connectivity index (χ0) is 19.5. The summed E-state index contributed by atoms with van der Waals surface area (Å²) in [6.07, 6.45) is 1.47. The van der Waals surface area contributed by atoms with E-state index in [0.29, 0.717) is 16.9 Å². The van der Waals surface area contributed by atoms with E-state index in [1.165, 1.54) is 48.5 Å². The number of para-hydroxylation sites is 1. The van der Waals surface area contributed by atoms with Crippen LogP contribution in [-0.2, 0) is 9.53 Å². The van der Waals surface area contributed by atoms with Crippen molar-refractivity contribution in [3.63, 3.8) is 0 Å². The minimum atomic E-state index is -0.644. The van der Waals surface area contributed by atoms with E-state index in [9.17, 15) is 13.6 Å². The second-order valence-electron chi connectivity index (χ2n) is 5.95. The van der Waals surface area contributed by atoms with Crippen LogP contribution < -0.4 is 4.74 Å². The van der Waals surface area contributed by atoms with Crippen molar-refractivity contribution in [3.05, 3.63) is 101 Å². The van der Waals surface area contributed by atoms with E-state index in [-0.39, 0.29) is 17.3 Å². The monoisotopic (exact) mass is 377 g/mol. The van der Waals surface area contributed by atoms with Gasteiger partial charge in [0.2, 0.25) is 5.90 Å². The number of rotatable bonds is 4. The molecular formula is C22H13F2NO3. The van der Waals surface area contributed by atoms with Gasteiger partial charge in [-0.1, -0.05) is 24.3 Å². The lowest BCUT2D eigenvalue weighted by Crippen LogP contribution is -2.05. The predicted octanol–water partition coefficient (Wildman–Crippen LogP) is 5.10. The van der Waals surface area contributed by atoms with Crippen LogP contribution in [0.5, 0.6) is 11.5 Å².